The highest BCUT2D eigenvalue weighted by molar-refractivity contribution is 6.37. The van der Waals surface area contributed by atoms with Gasteiger partial charge in [0.25, 0.3) is 0 Å². The van der Waals surface area contributed by atoms with Crippen molar-refractivity contribution in [1.29, 1.82) is 0 Å². The van der Waals surface area contributed by atoms with Gasteiger partial charge in [-0.1, -0.05) is 78.9 Å². The third-order valence-corrected chi connectivity index (χ3v) is 8.47. The Labute approximate surface area is 201 Å². The van der Waals surface area contributed by atoms with E-state index in [-0.39, 0.29) is 0 Å². The molecule has 0 aliphatic heterocycles. The lowest BCUT2D eigenvalue weighted by atomic mass is 9.96. The molecule has 9 rings (SSSR count). The van der Waals surface area contributed by atoms with Crippen molar-refractivity contribution in [2.45, 2.75) is 6.92 Å². The second-order valence-electron chi connectivity index (χ2n) is 10.1. The first-order chi connectivity index (χ1) is 17.3. The molecule has 0 N–H and O–H groups in total. The molecule has 0 bridgehead atoms. The lowest BCUT2D eigenvalue weighted by Crippen LogP contribution is -1.81. The summed E-state index contributed by atoms with van der Waals surface area (Å²) in [5.74, 6) is 0. The Morgan fingerprint density at radius 3 is 1.71 bits per heavy atom. The van der Waals surface area contributed by atoms with E-state index < -0.39 is 0 Å². The third-order valence-electron chi connectivity index (χ3n) is 8.47. The SMILES string of the molecule is Cc1c2cc3c(cc2cc2c4cccc5cccc(c12)c54)c1cc2ccccc2c2cccc3c21. The molecule has 35 heavy (non-hydrogen) atoms. The molecule has 160 valence electrons. The molecule has 0 spiro atoms. The Morgan fingerprint density at radius 1 is 0.314 bits per heavy atom. The van der Waals surface area contributed by atoms with Crippen LogP contribution >= 0.6 is 0 Å². The predicted octanol–water partition coefficient (Wildman–Crippen LogP) is 10.1. The number of aryl methyl sites for hydroxylation is 1. The minimum Gasteiger partial charge on any atom is -0.0616 e. The summed E-state index contributed by atoms with van der Waals surface area (Å²) in [4.78, 5) is 0. The molecule has 0 atom stereocenters. The second kappa shape index (κ2) is 5.98. The van der Waals surface area contributed by atoms with Gasteiger partial charge in [0, 0.05) is 0 Å². The van der Waals surface area contributed by atoms with E-state index in [1.54, 1.807) is 0 Å². The van der Waals surface area contributed by atoms with Crippen LogP contribution in [0.2, 0.25) is 0 Å². The van der Waals surface area contributed by atoms with Crippen LogP contribution in [0.25, 0.3) is 86.2 Å². The van der Waals surface area contributed by atoms with Crippen LogP contribution in [0.5, 0.6) is 0 Å². The van der Waals surface area contributed by atoms with Gasteiger partial charge < -0.3 is 0 Å². The van der Waals surface area contributed by atoms with Crippen LogP contribution in [0.4, 0.5) is 0 Å². The molecule has 0 aliphatic carbocycles. The molecule has 0 unspecified atom stereocenters. The zero-order chi connectivity index (χ0) is 22.8. The van der Waals surface area contributed by atoms with Gasteiger partial charge in [-0.15, -0.1) is 0 Å². The molecule has 0 heterocycles. The largest absolute Gasteiger partial charge is 0.0616 e. The summed E-state index contributed by atoms with van der Waals surface area (Å²) in [5.41, 5.74) is 1.39. The van der Waals surface area contributed by atoms with Crippen molar-refractivity contribution < 1.29 is 0 Å². The molecule has 0 nitrogen and oxygen atoms in total. The van der Waals surface area contributed by atoms with E-state index in [1.807, 2.05) is 0 Å². The first-order valence-corrected chi connectivity index (χ1v) is 12.4. The van der Waals surface area contributed by atoms with Gasteiger partial charge in [-0.3, -0.25) is 0 Å². The number of hydrogen-bond donors (Lipinski definition) is 0. The Hall–Kier alpha value is -4.42. The van der Waals surface area contributed by atoms with E-state index in [2.05, 4.69) is 110 Å². The van der Waals surface area contributed by atoms with Crippen LogP contribution in [0.3, 0.4) is 0 Å². The van der Waals surface area contributed by atoms with Gasteiger partial charge in [0.15, 0.2) is 0 Å². The average molecular weight is 441 g/mol. The second-order valence-corrected chi connectivity index (χ2v) is 10.1. The molecule has 0 radical (unpaired) electrons. The van der Waals surface area contributed by atoms with Gasteiger partial charge in [0.1, 0.15) is 0 Å². The summed E-state index contributed by atoms with van der Waals surface area (Å²) in [6.07, 6.45) is 0. The van der Waals surface area contributed by atoms with Crippen molar-refractivity contribution in [3.63, 3.8) is 0 Å². The van der Waals surface area contributed by atoms with Crippen LogP contribution < -0.4 is 0 Å². The zero-order valence-electron chi connectivity index (χ0n) is 19.3. The third kappa shape index (κ3) is 2.06. The van der Waals surface area contributed by atoms with E-state index in [4.69, 9.17) is 0 Å². The first kappa shape index (κ1) is 18.0. The Balaban J connectivity index is 1.54. The Bertz CT molecular complexity index is 2310. The molecule has 0 aliphatic rings. The van der Waals surface area contributed by atoms with Crippen molar-refractivity contribution in [3.8, 4) is 0 Å². The van der Waals surface area contributed by atoms with Gasteiger partial charge in [0.05, 0.1) is 0 Å². The maximum Gasteiger partial charge on any atom is -0.00199 e. The zero-order valence-corrected chi connectivity index (χ0v) is 19.3. The maximum atomic E-state index is 2.46. The number of rotatable bonds is 0. The van der Waals surface area contributed by atoms with Crippen LogP contribution in [0, 0.1) is 6.92 Å². The minimum absolute atomic E-state index is 1.31. The minimum atomic E-state index is 1.31. The first-order valence-electron chi connectivity index (χ1n) is 12.4. The van der Waals surface area contributed by atoms with Crippen LogP contribution in [-0.4, -0.2) is 0 Å². The van der Waals surface area contributed by atoms with Crippen LogP contribution in [0.1, 0.15) is 5.56 Å². The average Bonchev–Trinajstić information content (AvgIpc) is 3.39. The molecule has 0 saturated carbocycles. The van der Waals surface area contributed by atoms with Crippen molar-refractivity contribution in [2.24, 2.45) is 0 Å². The molecule has 0 heteroatoms. The van der Waals surface area contributed by atoms with Crippen molar-refractivity contribution >= 4 is 86.2 Å². The standard InChI is InChI=1S/C35H20/c1-19-28-18-30-25-13-6-12-24-23-10-3-2-7-21(23)15-32(35(24)25)29(30)16-22(28)17-31-26-11-4-8-20-9-5-14-27(33(19)31)34(20)26/h2-18H,1H3. The highest BCUT2D eigenvalue weighted by Crippen LogP contribution is 2.46. The van der Waals surface area contributed by atoms with Crippen molar-refractivity contribution in [3.05, 3.63) is 109 Å². The molecule has 0 saturated heterocycles. The number of hydrogen-bond acceptors (Lipinski definition) is 0. The summed E-state index contributed by atoms with van der Waals surface area (Å²) < 4.78 is 0. The fourth-order valence-electron chi connectivity index (χ4n) is 7.00. The van der Waals surface area contributed by atoms with Gasteiger partial charge >= 0.3 is 0 Å². The molecular weight excluding hydrogens is 420 g/mol. The fourth-order valence-corrected chi connectivity index (χ4v) is 7.00. The summed E-state index contributed by atoms with van der Waals surface area (Å²) in [6, 6.07) is 38.8. The molecule has 9 aromatic carbocycles. The molecule has 0 amide bonds. The van der Waals surface area contributed by atoms with Crippen LogP contribution in [-0.2, 0) is 0 Å². The summed E-state index contributed by atoms with van der Waals surface area (Å²) in [6.45, 7) is 2.31. The van der Waals surface area contributed by atoms with Gasteiger partial charge in [-0.25, -0.2) is 0 Å². The molecular formula is C35H20. The fraction of sp³-hybridized carbons (Fsp3) is 0.0286. The highest BCUT2D eigenvalue weighted by Gasteiger charge is 2.18. The quantitative estimate of drug-likeness (QED) is 0.206. The maximum absolute atomic E-state index is 2.46. The van der Waals surface area contributed by atoms with Crippen LogP contribution in [0.15, 0.2) is 103 Å². The molecule has 0 fully saturated rings. The van der Waals surface area contributed by atoms with E-state index in [0.717, 1.165) is 0 Å². The lowest BCUT2D eigenvalue weighted by molar-refractivity contribution is 1.62. The van der Waals surface area contributed by atoms with E-state index in [9.17, 15) is 0 Å². The smallest absolute Gasteiger partial charge is 0.00199 e. The number of fused-ring (bicyclic) bond motifs is 9. The van der Waals surface area contributed by atoms with E-state index in [1.165, 1.54) is 91.7 Å². The van der Waals surface area contributed by atoms with E-state index in [0.29, 0.717) is 0 Å². The topological polar surface area (TPSA) is 0 Å². The summed E-state index contributed by atoms with van der Waals surface area (Å²) in [5, 5.41) is 21.8. The highest BCUT2D eigenvalue weighted by atomic mass is 14.2. The predicted molar refractivity (Wildman–Crippen MR) is 154 cm³/mol. The number of benzene rings is 7. The van der Waals surface area contributed by atoms with Crippen molar-refractivity contribution in [2.75, 3.05) is 0 Å². The van der Waals surface area contributed by atoms with Gasteiger partial charge in [-0.2, -0.15) is 0 Å². The normalized spacial score (nSPS) is 12.7. The monoisotopic (exact) mass is 440 g/mol. The molecule has 0 aromatic heterocycles. The van der Waals surface area contributed by atoms with E-state index >= 15 is 0 Å². The summed E-state index contributed by atoms with van der Waals surface area (Å²) >= 11 is 0. The Kier molecular flexibility index (Phi) is 3.07. The van der Waals surface area contributed by atoms with Crippen molar-refractivity contribution in [1.82, 2.24) is 0 Å². The van der Waals surface area contributed by atoms with Gasteiger partial charge in [0.2, 0.25) is 0 Å². The molecule has 9 aromatic rings. The lowest BCUT2D eigenvalue weighted by Gasteiger charge is -2.07. The Morgan fingerprint density at radius 2 is 0.857 bits per heavy atom. The van der Waals surface area contributed by atoms with Gasteiger partial charge in [-0.05, 0) is 123 Å². The summed E-state index contributed by atoms with van der Waals surface area (Å²) in [7, 11) is 0.